The van der Waals surface area contributed by atoms with Gasteiger partial charge in [-0.3, -0.25) is 0 Å². The zero-order valence-corrected chi connectivity index (χ0v) is 12.0. The Labute approximate surface area is 122 Å². The highest BCUT2D eigenvalue weighted by molar-refractivity contribution is 6.31. The fourth-order valence-electron chi connectivity index (χ4n) is 2.54. The summed E-state index contributed by atoms with van der Waals surface area (Å²) in [6.45, 7) is 2.80. The molecule has 20 heavy (non-hydrogen) atoms. The van der Waals surface area contributed by atoms with Crippen molar-refractivity contribution in [2.45, 2.75) is 26.2 Å². The Bertz CT molecular complexity index is 658. The van der Waals surface area contributed by atoms with Crippen LogP contribution in [0.1, 0.15) is 24.6 Å². The van der Waals surface area contributed by atoms with Crippen LogP contribution in [0.15, 0.2) is 18.2 Å². The van der Waals surface area contributed by atoms with Gasteiger partial charge in [0.25, 0.3) is 0 Å². The van der Waals surface area contributed by atoms with E-state index in [-0.39, 0.29) is 5.02 Å². The van der Waals surface area contributed by atoms with Gasteiger partial charge in [-0.2, -0.15) is 0 Å². The first kappa shape index (κ1) is 13.3. The van der Waals surface area contributed by atoms with Crippen LogP contribution in [0.3, 0.4) is 0 Å². The van der Waals surface area contributed by atoms with Crippen molar-refractivity contribution in [3.63, 3.8) is 0 Å². The molecule has 0 radical (unpaired) electrons. The third kappa shape index (κ3) is 2.24. The SMILES string of the molecule is CCNc1nc(-c2cccc(Cl)c2F)nc2c1CCC2. The van der Waals surface area contributed by atoms with Crippen LogP contribution >= 0.6 is 11.6 Å². The molecular formula is C15H15ClFN3. The number of hydrogen-bond acceptors (Lipinski definition) is 3. The molecule has 1 aliphatic rings. The van der Waals surface area contributed by atoms with E-state index in [0.29, 0.717) is 11.4 Å². The van der Waals surface area contributed by atoms with Gasteiger partial charge in [0, 0.05) is 17.8 Å². The fraction of sp³-hybridized carbons (Fsp3) is 0.333. The lowest BCUT2D eigenvalue weighted by molar-refractivity contribution is 0.630. The largest absolute Gasteiger partial charge is 0.370 e. The number of hydrogen-bond donors (Lipinski definition) is 1. The van der Waals surface area contributed by atoms with E-state index in [1.165, 1.54) is 6.07 Å². The Morgan fingerprint density at radius 1 is 1.30 bits per heavy atom. The first-order valence-electron chi connectivity index (χ1n) is 6.78. The molecule has 1 aliphatic carbocycles. The fourth-order valence-corrected chi connectivity index (χ4v) is 2.72. The molecule has 1 heterocycles. The summed E-state index contributed by atoms with van der Waals surface area (Å²) >= 11 is 5.84. The lowest BCUT2D eigenvalue weighted by Gasteiger charge is -2.11. The van der Waals surface area contributed by atoms with Crippen molar-refractivity contribution >= 4 is 17.4 Å². The molecule has 0 atom stereocenters. The summed E-state index contributed by atoms with van der Waals surface area (Å²) in [5.41, 5.74) is 2.54. The van der Waals surface area contributed by atoms with Gasteiger partial charge in [-0.25, -0.2) is 14.4 Å². The molecule has 0 bridgehead atoms. The summed E-state index contributed by atoms with van der Waals surface area (Å²) in [5.74, 6) is 0.764. The average Bonchev–Trinajstić information content (AvgIpc) is 2.90. The number of aryl methyl sites for hydroxylation is 1. The second-order valence-corrected chi connectivity index (χ2v) is 5.21. The summed E-state index contributed by atoms with van der Waals surface area (Å²) in [5, 5.41) is 3.34. The van der Waals surface area contributed by atoms with E-state index < -0.39 is 5.82 Å². The van der Waals surface area contributed by atoms with Gasteiger partial charge in [-0.05, 0) is 38.3 Å². The van der Waals surface area contributed by atoms with Crippen molar-refractivity contribution in [3.05, 3.63) is 40.3 Å². The Hall–Kier alpha value is -1.68. The van der Waals surface area contributed by atoms with Crippen LogP contribution in [0.4, 0.5) is 10.2 Å². The minimum absolute atomic E-state index is 0.0941. The van der Waals surface area contributed by atoms with Gasteiger partial charge in [-0.1, -0.05) is 17.7 Å². The highest BCUT2D eigenvalue weighted by Gasteiger charge is 2.21. The van der Waals surface area contributed by atoms with E-state index in [9.17, 15) is 4.39 Å². The molecule has 0 unspecified atom stereocenters. The number of nitrogens with zero attached hydrogens (tertiary/aromatic N) is 2. The van der Waals surface area contributed by atoms with E-state index in [1.807, 2.05) is 6.92 Å². The molecule has 0 saturated carbocycles. The Kier molecular flexibility index (Phi) is 3.57. The van der Waals surface area contributed by atoms with E-state index in [2.05, 4.69) is 15.3 Å². The maximum atomic E-state index is 14.1. The molecule has 2 aromatic rings. The van der Waals surface area contributed by atoms with Gasteiger partial charge in [0.1, 0.15) is 5.82 Å². The minimum atomic E-state index is -0.463. The zero-order valence-electron chi connectivity index (χ0n) is 11.2. The molecule has 3 rings (SSSR count). The third-order valence-electron chi connectivity index (χ3n) is 3.47. The topological polar surface area (TPSA) is 37.8 Å². The molecule has 5 heteroatoms. The lowest BCUT2D eigenvalue weighted by atomic mass is 10.1. The van der Waals surface area contributed by atoms with Crippen LogP contribution in [0, 0.1) is 5.82 Å². The summed E-state index contributed by atoms with van der Waals surface area (Å²) in [7, 11) is 0. The van der Waals surface area contributed by atoms with Crippen LogP contribution < -0.4 is 5.32 Å². The number of benzene rings is 1. The maximum absolute atomic E-state index is 14.1. The Morgan fingerprint density at radius 2 is 2.15 bits per heavy atom. The molecule has 1 aromatic carbocycles. The van der Waals surface area contributed by atoms with Crippen LogP contribution in [0.25, 0.3) is 11.4 Å². The Morgan fingerprint density at radius 3 is 2.95 bits per heavy atom. The molecule has 0 fully saturated rings. The van der Waals surface area contributed by atoms with Crippen molar-refractivity contribution in [1.82, 2.24) is 9.97 Å². The van der Waals surface area contributed by atoms with Crippen molar-refractivity contribution in [1.29, 1.82) is 0 Å². The van der Waals surface area contributed by atoms with E-state index >= 15 is 0 Å². The molecule has 3 nitrogen and oxygen atoms in total. The van der Waals surface area contributed by atoms with Crippen LogP contribution in [0.2, 0.25) is 5.02 Å². The minimum Gasteiger partial charge on any atom is -0.370 e. The summed E-state index contributed by atoms with van der Waals surface area (Å²) in [4.78, 5) is 9.00. The normalized spacial score (nSPS) is 13.3. The molecule has 0 saturated heterocycles. The van der Waals surface area contributed by atoms with E-state index in [4.69, 9.17) is 11.6 Å². The van der Waals surface area contributed by atoms with Gasteiger partial charge < -0.3 is 5.32 Å². The first-order valence-corrected chi connectivity index (χ1v) is 7.16. The molecule has 0 amide bonds. The van der Waals surface area contributed by atoms with E-state index in [1.54, 1.807) is 12.1 Å². The number of nitrogens with one attached hydrogen (secondary N) is 1. The summed E-state index contributed by atoms with van der Waals surface area (Å²) in [6.07, 6.45) is 2.98. The molecule has 0 spiro atoms. The third-order valence-corrected chi connectivity index (χ3v) is 3.76. The van der Waals surface area contributed by atoms with Crippen LogP contribution in [0.5, 0.6) is 0 Å². The summed E-state index contributed by atoms with van der Waals surface area (Å²) in [6, 6.07) is 4.90. The standard InChI is InChI=1S/C15H15ClFN3/c1-2-18-14-9-5-4-8-12(9)19-15(20-14)10-6-3-7-11(16)13(10)17/h3,6-7H,2,4-5,8H2,1H3,(H,18,19,20). The number of anilines is 1. The smallest absolute Gasteiger partial charge is 0.164 e. The number of aromatic nitrogens is 2. The molecule has 1 aromatic heterocycles. The van der Waals surface area contributed by atoms with Gasteiger partial charge in [0.05, 0.1) is 10.6 Å². The highest BCUT2D eigenvalue weighted by Crippen LogP contribution is 2.31. The lowest BCUT2D eigenvalue weighted by Crippen LogP contribution is -2.07. The first-order chi connectivity index (χ1) is 9.70. The zero-order chi connectivity index (χ0) is 14.1. The molecule has 0 aliphatic heterocycles. The number of rotatable bonds is 3. The predicted octanol–water partition coefficient (Wildman–Crippen LogP) is 3.86. The average molecular weight is 292 g/mol. The van der Waals surface area contributed by atoms with Gasteiger partial charge in [0.15, 0.2) is 11.6 Å². The number of fused-ring (bicyclic) bond motifs is 1. The maximum Gasteiger partial charge on any atom is 0.164 e. The molecule has 1 N–H and O–H groups in total. The second-order valence-electron chi connectivity index (χ2n) is 4.81. The van der Waals surface area contributed by atoms with Gasteiger partial charge >= 0.3 is 0 Å². The van der Waals surface area contributed by atoms with Crippen LogP contribution in [-0.4, -0.2) is 16.5 Å². The monoisotopic (exact) mass is 291 g/mol. The van der Waals surface area contributed by atoms with Crippen molar-refractivity contribution in [3.8, 4) is 11.4 Å². The van der Waals surface area contributed by atoms with Crippen molar-refractivity contribution < 1.29 is 4.39 Å². The number of halogens is 2. The highest BCUT2D eigenvalue weighted by atomic mass is 35.5. The van der Waals surface area contributed by atoms with Crippen molar-refractivity contribution in [2.24, 2.45) is 0 Å². The molecule has 104 valence electrons. The Balaban J connectivity index is 2.15. The van der Waals surface area contributed by atoms with Crippen molar-refractivity contribution in [2.75, 3.05) is 11.9 Å². The van der Waals surface area contributed by atoms with Gasteiger partial charge in [-0.15, -0.1) is 0 Å². The van der Waals surface area contributed by atoms with E-state index in [0.717, 1.165) is 42.9 Å². The second kappa shape index (κ2) is 5.37. The van der Waals surface area contributed by atoms with Crippen LogP contribution in [-0.2, 0) is 12.8 Å². The van der Waals surface area contributed by atoms with Gasteiger partial charge in [0.2, 0.25) is 0 Å². The molecular weight excluding hydrogens is 277 g/mol. The predicted molar refractivity (Wildman–Crippen MR) is 78.6 cm³/mol. The summed E-state index contributed by atoms with van der Waals surface area (Å²) < 4.78 is 14.1. The quantitative estimate of drug-likeness (QED) is 0.933.